The minimum atomic E-state index is -3.67. The van der Waals surface area contributed by atoms with Crippen LogP contribution in [-0.2, 0) is 26.8 Å². The maximum Gasteiger partial charge on any atom is 0.261 e. The zero-order valence-corrected chi connectivity index (χ0v) is 18.1. The Morgan fingerprint density at radius 2 is 1.22 bits per heavy atom. The van der Waals surface area contributed by atoms with Crippen molar-refractivity contribution in [2.75, 3.05) is 38.7 Å². The fraction of sp³-hybridized carbons (Fsp3) is 0.625. The molecule has 0 radical (unpaired) electrons. The zero-order chi connectivity index (χ0) is 21.4. The fourth-order valence-corrected chi connectivity index (χ4v) is 2.60. The minimum absolute atomic E-state index is 0.715. The predicted molar refractivity (Wildman–Crippen MR) is 107 cm³/mol. The van der Waals surface area contributed by atoms with Crippen molar-refractivity contribution in [3.05, 3.63) is 34.4 Å². The first kappa shape index (κ1) is 25.9. The van der Waals surface area contributed by atoms with Crippen LogP contribution in [0.2, 0.25) is 0 Å². The number of hydrazine groups is 1. The quantitative estimate of drug-likeness (QED) is 0.459. The average molecular weight is 426 g/mol. The molecule has 158 valence electrons. The van der Waals surface area contributed by atoms with Crippen LogP contribution in [0.5, 0.6) is 0 Å². The monoisotopic (exact) mass is 425 g/mol. The van der Waals surface area contributed by atoms with Crippen molar-refractivity contribution in [1.82, 2.24) is 9.91 Å². The Kier molecular flexibility index (Phi) is 10.6. The zero-order valence-electron chi connectivity index (χ0n) is 16.5. The van der Waals surface area contributed by atoms with Gasteiger partial charge in [-0.3, -0.25) is 19.8 Å². The number of hydrogen-bond donors (Lipinski definition) is 3. The van der Waals surface area contributed by atoms with E-state index in [-0.39, 0.29) is 0 Å². The average Bonchev–Trinajstić information content (AvgIpc) is 2.41. The maximum absolute atomic E-state index is 9.19. The molecule has 27 heavy (non-hydrogen) atoms. The molecule has 1 aliphatic heterocycles. The molecule has 2 rings (SSSR count). The van der Waals surface area contributed by atoms with Crippen molar-refractivity contribution in [3.8, 4) is 0 Å². The van der Waals surface area contributed by atoms with Crippen LogP contribution in [0.4, 0.5) is 0 Å². The first-order valence-electron chi connectivity index (χ1n) is 8.20. The van der Waals surface area contributed by atoms with Gasteiger partial charge in [-0.25, -0.2) is 5.01 Å². The molecule has 11 heteroatoms. The molecule has 0 aromatic heterocycles. The van der Waals surface area contributed by atoms with Crippen molar-refractivity contribution in [2.24, 2.45) is 5.84 Å². The summed E-state index contributed by atoms with van der Waals surface area (Å²) in [6, 6.07) is 4.56. The van der Waals surface area contributed by atoms with Crippen molar-refractivity contribution in [3.63, 3.8) is 0 Å². The molecule has 0 unspecified atom stereocenters. The van der Waals surface area contributed by atoms with Gasteiger partial charge >= 0.3 is 0 Å². The number of aryl methyl sites for hydroxylation is 3. The topological polar surface area (TPSA) is 141 Å². The molecule has 1 aromatic rings. The van der Waals surface area contributed by atoms with Gasteiger partial charge in [0.15, 0.2) is 0 Å². The summed E-state index contributed by atoms with van der Waals surface area (Å²) >= 11 is 0. The number of nitrogens with two attached hydrogens (primary N) is 1. The van der Waals surface area contributed by atoms with E-state index < -0.39 is 20.2 Å². The molecule has 9 nitrogen and oxygen atoms in total. The Hall–Kier alpha value is -1.08. The predicted octanol–water partition coefficient (Wildman–Crippen LogP) is 0.611. The van der Waals surface area contributed by atoms with E-state index in [0.717, 1.165) is 32.7 Å². The van der Waals surface area contributed by atoms with Crippen LogP contribution in [0, 0.1) is 20.8 Å². The molecule has 0 saturated carbocycles. The van der Waals surface area contributed by atoms with Gasteiger partial charge in [0, 0.05) is 32.7 Å². The lowest BCUT2D eigenvalue weighted by atomic mass is 9.99. The molecule has 0 spiro atoms. The lowest BCUT2D eigenvalue weighted by Gasteiger charge is -2.32. The maximum atomic E-state index is 9.19. The minimum Gasteiger partial charge on any atom is -0.296 e. The van der Waals surface area contributed by atoms with Gasteiger partial charge in [-0.15, -0.1) is 0 Å². The highest BCUT2D eigenvalue weighted by atomic mass is 32.2. The summed E-state index contributed by atoms with van der Waals surface area (Å²) in [5.74, 6) is 5.78. The van der Waals surface area contributed by atoms with Gasteiger partial charge in [0.1, 0.15) is 0 Å². The summed E-state index contributed by atoms with van der Waals surface area (Å²) in [5, 5.41) is 1.91. The number of nitrogens with zero attached hydrogens (tertiary/aromatic N) is 2. The summed E-state index contributed by atoms with van der Waals surface area (Å²) in [6.07, 6.45) is 1.43. The Balaban J connectivity index is 0.000000563. The fourth-order valence-electron chi connectivity index (χ4n) is 2.60. The van der Waals surface area contributed by atoms with Crippen LogP contribution in [0.3, 0.4) is 0 Å². The van der Waals surface area contributed by atoms with Crippen LogP contribution in [0.15, 0.2) is 12.1 Å². The van der Waals surface area contributed by atoms with E-state index in [1.807, 2.05) is 5.01 Å². The highest BCUT2D eigenvalue weighted by molar-refractivity contribution is 7.85. The standard InChI is InChI=1S/C14H23N3.2CH4O3S/c1-11-8-12(2)14(13(3)9-11)10-16-4-6-17(15)7-5-16;2*1-5(2,3)4/h8-9H,4-7,10,15H2,1-3H3;2*1H3,(H,2,3,4). The van der Waals surface area contributed by atoms with E-state index in [0.29, 0.717) is 12.5 Å². The van der Waals surface area contributed by atoms with E-state index in [9.17, 15) is 16.8 Å². The van der Waals surface area contributed by atoms with Crippen LogP contribution >= 0.6 is 0 Å². The first-order valence-corrected chi connectivity index (χ1v) is 11.9. The molecule has 0 amide bonds. The van der Waals surface area contributed by atoms with E-state index in [1.165, 1.54) is 22.3 Å². The molecule has 0 bridgehead atoms. The van der Waals surface area contributed by atoms with Gasteiger partial charge in [-0.2, -0.15) is 16.8 Å². The summed E-state index contributed by atoms with van der Waals surface area (Å²) in [6.45, 7) is 11.8. The molecule has 1 aliphatic rings. The number of rotatable bonds is 2. The van der Waals surface area contributed by atoms with Gasteiger partial charge in [0.25, 0.3) is 20.2 Å². The molecule has 1 aromatic carbocycles. The summed E-state index contributed by atoms with van der Waals surface area (Å²) in [4.78, 5) is 2.49. The SMILES string of the molecule is CS(=O)(=O)O.CS(=O)(=O)O.Cc1cc(C)c(CN2CCN(N)CC2)c(C)c1. The van der Waals surface area contributed by atoms with Crippen LogP contribution < -0.4 is 5.84 Å². The van der Waals surface area contributed by atoms with Crippen molar-refractivity contribution in [2.45, 2.75) is 27.3 Å². The van der Waals surface area contributed by atoms with Crippen molar-refractivity contribution in [1.29, 1.82) is 0 Å². The third-order valence-corrected chi connectivity index (χ3v) is 3.63. The van der Waals surface area contributed by atoms with Gasteiger partial charge in [0.2, 0.25) is 0 Å². The highest BCUT2D eigenvalue weighted by Crippen LogP contribution is 2.18. The smallest absolute Gasteiger partial charge is 0.261 e. The molecule has 0 aliphatic carbocycles. The third-order valence-electron chi connectivity index (χ3n) is 3.63. The Bertz CT molecular complexity index is 732. The van der Waals surface area contributed by atoms with Gasteiger partial charge in [-0.05, 0) is 37.5 Å². The van der Waals surface area contributed by atoms with E-state index in [1.54, 1.807) is 0 Å². The third kappa shape index (κ3) is 15.7. The van der Waals surface area contributed by atoms with Crippen LogP contribution in [-0.4, -0.2) is 74.5 Å². The molecule has 1 fully saturated rings. The molecule has 0 atom stereocenters. The number of piperazine rings is 1. The second kappa shape index (κ2) is 11.1. The Morgan fingerprint density at radius 3 is 1.56 bits per heavy atom. The van der Waals surface area contributed by atoms with Crippen molar-refractivity contribution < 1.29 is 25.9 Å². The van der Waals surface area contributed by atoms with Gasteiger partial charge in [-0.1, -0.05) is 17.7 Å². The Labute approximate surface area is 162 Å². The molecule has 4 N–H and O–H groups in total. The summed E-state index contributed by atoms with van der Waals surface area (Å²) < 4.78 is 51.7. The lowest BCUT2D eigenvalue weighted by molar-refractivity contribution is 0.128. The largest absolute Gasteiger partial charge is 0.296 e. The number of hydrogen-bond acceptors (Lipinski definition) is 7. The molecule has 1 saturated heterocycles. The first-order chi connectivity index (χ1) is 12.1. The van der Waals surface area contributed by atoms with Crippen molar-refractivity contribution >= 4 is 20.2 Å². The normalized spacial score (nSPS) is 16.0. The Morgan fingerprint density at radius 1 is 0.889 bits per heavy atom. The molecule has 1 heterocycles. The highest BCUT2D eigenvalue weighted by Gasteiger charge is 2.16. The van der Waals surface area contributed by atoms with E-state index in [2.05, 4.69) is 37.8 Å². The molecular weight excluding hydrogens is 394 g/mol. The van der Waals surface area contributed by atoms with Gasteiger partial charge in [0.05, 0.1) is 12.5 Å². The number of benzene rings is 1. The van der Waals surface area contributed by atoms with E-state index >= 15 is 0 Å². The van der Waals surface area contributed by atoms with Gasteiger partial charge < -0.3 is 0 Å². The van der Waals surface area contributed by atoms with E-state index in [4.69, 9.17) is 14.9 Å². The lowest BCUT2D eigenvalue weighted by Crippen LogP contribution is -2.49. The second-order valence-corrected chi connectivity index (χ2v) is 9.59. The van der Waals surface area contributed by atoms with Crippen LogP contribution in [0.1, 0.15) is 22.3 Å². The van der Waals surface area contributed by atoms with Crippen LogP contribution in [0.25, 0.3) is 0 Å². The molecular formula is C16H31N3O6S2. The summed E-state index contributed by atoms with van der Waals surface area (Å²) in [5.41, 5.74) is 5.67. The second-order valence-electron chi connectivity index (χ2n) is 6.66. The summed E-state index contributed by atoms with van der Waals surface area (Å²) in [7, 11) is -7.33.